The molecule has 0 spiro atoms. The van der Waals surface area contributed by atoms with E-state index in [-0.39, 0.29) is 5.78 Å². The van der Waals surface area contributed by atoms with Gasteiger partial charge in [0.1, 0.15) is 0 Å². The predicted octanol–water partition coefficient (Wildman–Crippen LogP) is 3.84. The van der Waals surface area contributed by atoms with Crippen LogP contribution in [-0.4, -0.2) is 15.6 Å². The molecule has 0 atom stereocenters. The summed E-state index contributed by atoms with van der Waals surface area (Å²) in [5, 5.41) is 4.54. The number of aryl methyl sites for hydroxylation is 2. The van der Waals surface area contributed by atoms with Crippen LogP contribution in [0.2, 0.25) is 0 Å². The summed E-state index contributed by atoms with van der Waals surface area (Å²) in [5.41, 5.74) is 3.08. The van der Waals surface area contributed by atoms with Gasteiger partial charge in [-0.2, -0.15) is 5.10 Å². The van der Waals surface area contributed by atoms with Crippen LogP contribution < -0.4 is 0 Å². The summed E-state index contributed by atoms with van der Waals surface area (Å²) >= 11 is 3.60. The first-order chi connectivity index (χ1) is 9.17. The lowest BCUT2D eigenvalue weighted by atomic mass is 9.94. The number of rotatable bonds is 5. The first-order valence-corrected chi connectivity index (χ1v) is 7.92. The van der Waals surface area contributed by atoms with Crippen molar-refractivity contribution in [3.8, 4) is 0 Å². The SMILES string of the molecule is CCc1nn(CC)c(CC(=O)C2=CCCCC2)c1Br. The molecule has 19 heavy (non-hydrogen) atoms. The molecule has 0 bridgehead atoms. The van der Waals surface area contributed by atoms with E-state index in [1.807, 2.05) is 4.68 Å². The molecule has 2 rings (SSSR count). The fourth-order valence-corrected chi connectivity index (χ4v) is 3.25. The van der Waals surface area contributed by atoms with Crippen LogP contribution in [0.15, 0.2) is 16.1 Å². The van der Waals surface area contributed by atoms with E-state index in [9.17, 15) is 4.79 Å². The molecule has 1 aromatic rings. The van der Waals surface area contributed by atoms with Crippen LogP contribution in [0.4, 0.5) is 0 Å². The van der Waals surface area contributed by atoms with Crippen molar-refractivity contribution in [3.05, 3.63) is 27.5 Å². The standard InChI is InChI=1S/C15H21BrN2O/c1-3-12-15(16)13(18(4-2)17-12)10-14(19)11-8-6-5-7-9-11/h8H,3-7,9-10H2,1-2H3. The monoisotopic (exact) mass is 324 g/mol. The van der Waals surface area contributed by atoms with E-state index in [0.717, 1.165) is 53.7 Å². The number of ketones is 1. The first-order valence-electron chi connectivity index (χ1n) is 7.13. The summed E-state index contributed by atoms with van der Waals surface area (Å²) in [6.45, 7) is 4.95. The molecule has 0 unspecified atom stereocenters. The maximum atomic E-state index is 12.4. The molecule has 4 heteroatoms. The third-order valence-corrected chi connectivity index (χ3v) is 4.59. The summed E-state index contributed by atoms with van der Waals surface area (Å²) in [6.07, 6.45) is 7.82. The lowest BCUT2D eigenvalue weighted by molar-refractivity contribution is -0.115. The molecule has 0 fully saturated rings. The molecule has 0 aliphatic heterocycles. The van der Waals surface area contributed by atoms with Gasteiger partial charge < -0.3 is 0 Å². The van der Waals surface area contributed by atoms with Gasteiger partial charge in [-0.25, -0.2) is 0 Å². The van der Waals surface area contributed by atoms with Gasteiger partial charge in [-0.3, -0.25) is 9.48 Å². The van der Waals surface area contributed by atoms with Gasteiger partial charge in [-0.1, -0.05) is 13.0 Å². The summed E-state index contributed by atoms with van der Waals surface area (Å²) in [4.78, 5) is 12.4. The van der Waals surface area contributed by atoms with Gasteiger partial charge in [0.2, 0.25) is 0 Å². The van der Waals surface area contributed by atoms with Crippen molar-refractivity contribution in [2.24, 2.45) is 0 Å². The highest BCUT2D eigenvalue weighted by Gasteiger charge is 2.19. The number of carbonyl (C=O) groups is 1. The molecule has 3 nitrogen and oxygen atoms in total. The van der Waals surface area contributed by atoms with Crippen molar-refractivity contribution in [2.75, 3.05) is 0 Å². The van der Waals surface area contributed by atoms with Crippen LogP contribution in [0.3, 0.4) is 0 Å². The molecular weight excluding hydrogens is 304 g/mol. The van der Waals surface area contributed by atoms with E-state index in [2.05, 4.69) is 41.0 Å². The molecule has 0 aromatic carbocycles. The number of hydrogen-bond donors (Lipinski definition) is 0. The molecule has 0 radical (unpaired) electrons. The minimum absolute atomic E-state index is 0.262. The summed E-state index contributed by atoms with van der Waals surface area (Å²) in [6, 6.07) is 0. The minimum atomic E-state index is 0.262. The summed E-state index contributed by atoms with van der Waals surface area (Å²) in [5.74, 6) is 0.262. The predicted molar refractivity (Wildman–Crippen MR) is 80.2 cm³/mol. The van der Waals surface area contributed by atoms with Crippen molar-refractivity contribution in [3.63, 3.8) is 0 Å². The second-order valence-electron chi connectivity index (χ2n) is 4.95. The van der Waals surface area contributed by atoms with E-state index >= 15 is 0 Å². The van der Waals surface area contributed by atoms with Gasteiger partial charge >= 0.3 is 0 Å². The normalized spacial score (nSPS) is 15.4. The Hall–Kier alpha value is -0.900. The van der Waals surface area contributed by atoms with Gasteiger partial charge in [-0.15, -0.1) is 0 Å². The minimum Gasteiger partial charge on any atom is -0.294 e. The Labute approximate surface area is 123 Å². The number of aromatic nitrogens is 2. The van der Waals surface area contributed by atoms with Gasteiger partial charge in [0.25, 0.3) is 0 Å². The molecule has 1 aromatic heterocycles. The van der Waals surface area contributed by atoms with Gasteiger partial charge in [-0.05, 0) is 60.5 Å². The van der Waals surface area contributed by atoms with Crippen molar-refractivity contribution >= 4 is 21.7 Å². The van der Waals surface area contributed by atoms with Gasteiger partial charge in [0.15, 0.2) is 5.78 Å². The lowest BCUT2D eigenvalue weighted by Crippen LogP contribution is -2.13. The zero-order valence-electron chi connectivity index (χ0n) is 11.7. The molecular formula is C15H21BrN2O. The maximum Gasteiger partial charge on any atom is 0.164 e. The van der Waals surface area contributed by atoms with Crippen LogP contribution in [-0.2, 0) is 24.2 Å². The lowest BCUT2D eigenvalue weighted by Gasteiger charge is -2.12. The number of halogens is 1. The molecule has 0 saturated carbocycles. The highest BCUT2D eigenvalue weighted by atomic mass is 79.9. The highest BCUT2D eigenvalue weighted by Crippen LogP contribution is 2.25. The molecule has 0 saturated heterocycles. The Balaban J connectivity index is 2.20. The Morgan fingerprint density at radius 3 is 2.79 bits per heavy atom. The van der Waals surface area contributed by atoms with Crippen molar-refractivity contribution in [2.45, 2.75) is 58.9 Å². The first kappa shape index (κ1) is 14.5. The summed E-state index contributed by atoms with van der Waals surface area (Å²) in [7, 11) is 0. The Morgan fingerprint density at radius 1 is 1.42 bits per heavy atom. The van der Waals surface area contributed by atoms with Crippen molar-refractivity contribution < 1.29 is 4.79 Å². The van der Waals surface area contributed by atoms with Crippen molar-refractivity contribution in [1.29, 1.82) is 0 Å². The molecule has 104 valence electrons. The average molecular weight is 325 g/mol. The molecule has 1 aliphatic carbocycles. The number of carbonyl (C=O) groups excluding carboxylic acids is 1. The number of hydrogen-bond acceptors (Lipinski definition) is 2. The number of Topliss-reactive ketones (excluding diaryl/α,β-unsaturated/α-hetero) is 1. The van der Waals surface area contributed by atoms with E-state index in [1.54, 1.807) is 0 Å². The highest BCUT2D eigenvalue weighted by molar-refractivity contribution is 9.10. The van der Waals surface area contributed by atoms with Crippen LogP contribution in [0.25, 0.3) is 0 Å². The molecule has 0 amide bonds. The van der Waals surface area contributed by atoms with Crippen LogP contribution in [0, 0.1) is 0 Å². The quantitative estimate of drug-likeness (QED) is 0.824. The number of nitrogens with zero attached hydrogens (tertiary/aromatic N) is 2. The van der Waals surface area contributed by atoms with Gasteiger partial charge in [0.05, 0.1) is 22.3 Å². The molecule has 1 heterocycles. The summed E-state index contributed by atoms with van der Waals surface area (Å²) < 4.78 is 2.96. The zero-order valence-corrected chi connectivity index (χ0v) is 13.3. The Kier molecular flexibility index (Phi) is 4.97. The van der Waals surface area contributed by atoms with E-state index in [0.29, 0.717) is 6.42 Å². The molecule has 0 N–H and O–H groups in total. The topological polar surface area (TPSA) is 34.9 Å². The average Bonchev–Trinajstić information content (AvgIpc) is 2.76. The third-order valence-electron chi connectivity index (χ3n) is 3.67. The van der Waals surface area contributed by atoms with Crippen molar-refractivity contribution in [1.82, 2.24) is 9.78 Å². The zero-order chi connectivity index (χ0) is 13.8. The van der Waals surface area contributed by atoms with Crippen LogP contribution in [0.1, 0.15) is 50.9 Å². The van der Waals surface area contributed by atoms with Gasteiger partial charge in [0, 0.05) is 6.54 Å². The Morgan fingerprint density at radius 2 is 2.21 bits per heavy atom. The maximum absolute atomic E-state index is 12.4. The number of allylic oxidation sites excluding steroid dienone is 2. The van der Waals surface area contributed by atoms with Crippen LogP contribution >= 0.6 is 15.9 Å². The fourth-order valence-electron chi connectivity index (χ4n) is 2.54. The van der Waals surface area contributed by atoms with E-state index in [4.69, 9.17) is 0 Å². The molecule has 1 aliphatic rings. The fraction of sp³-hybridized carbons (Fsp3) is 0.600. The van der Waals surface area contributed by atoms with Crippen LogP contribution in [0.5, 0.6) is 0 Å². The van der Waals surface area contributed by atoms with E-state index < -0.39 is 0 Å². The smallest absolute Gasteiger partial charge is 0.164 e. The third kappa shape index (κ3) is 3.16. The van der Waals surface area contributed by atoms with E-state index in [1.165, 1.54) is 6.42 Å². The second kappa shape index (κ2) is 6.51. The second-order valence-corrected chi connectivity index (χ2v) is 5.74. The largest absolute Gasteiger partial charge is 0.294 e. The Bertz CT molecular complexity index is 502.